The third-order valence-electron chi connectivity index (χ3n) is 4.94. The highest BCUT2D eigenvalue weighted by Crippen LogP contribution is 2.23. The Balaban J connectivity index is 2.05. The molecule has 0 saturated heterocycles. The predicted octanol–water partition coefficient (Wildman–Crippen LogP) is 3.07. The lowest BCUT2D eigenvalue weighted by molar-refractivity contribution is -0.131. The zero-order valence-electron chi connectivity index (χ0n) is 15.8. The van der Waals surface area contributed by atoms with Crippen molar-refractivity contribution in [2.75, 3.05) is 13.1 Å². The van der Waals surface area contributed by atoms with Crippen LogP contribution >= 0.6 is 0 Å². The average molecular weight is 367 g/mol. The molecule has 1 N–H and O–H groups in total. The third-order valence-corrected chi connectivity index (χ3v) is 6.70. The van der Waals surface area contributed by atoms with Gasteiger partial charge < -0.3 is 4.90 Å². The van der Waals surface area contributed by atoms with Crippen LogP contribution in [0.15, 0.2) is 17.0 Å². The monoisotopic (exact) mass is 366 g/mol. The van der Waals surface area contributed by atoms with Crippen molar-refractivity contribution in [2.24, 2.45) is 0 Å². The lowest BCUT2D eigenvalue weighted by atomic mass is 9.94. The van der Waals surface area contributed by atoms with Crippen LogP contribution in [0, 0.1) is 20.8 Å². The molecule has 1 saturated carbocycles. The fraction of sp³-hybridized carbons (Fsp3) is 0.632. The van der Waals surface area contributed by atoms with Crippen molar-refractivity contribution in [3.63, 3.8) is 0 Å². The number of hydrogen-bond acceptors (Lipinski definition) is 3. The minimum atomic E-state index is -3.58. The predicted molar refractivity (Wildman–Crippen MR) is 100 cm³/mol. The second-order valence-electron chi connectivity index (χ2n) is 7.13. The SMILES string of the molecule is CC(=O)N(CCNS(=O)(=O)c1c(C)cc(C)cc1C)C1CCCCC1. The van der Waals surface area contributed by atoms with Gasteiger partial charge >= 0.3 is 0 Å². The number of nitrogens with zero attached hydrogens (tertiary/aromatic N) is 1. The van der Waals surface area contributed by atoms with Crippen molar-refractivity contribution in [3.8, 4) is 0 Å². The second-order valence-corrected chi connectivity index (χ2v) is 8.83. The Labute approximate surface area is 151 Å². The number of sulfonamides is 1. The van der Waals surface area contributed by atoms with Crippen molar-refractivity contribution in [1.29, 1.82) is 0 Å². The molecule has 5 nitrogen and oxygen atoms in total. The summed E-state index contributed by atoms with van der Waals surface area (Å²) in [5.41, 5.74) is 2.55. The number of carbonyl (C=O) groups is 1. The molecule has 0 unspecified atom stereocenters. The van der Waals surface area contributed by atoms with Gasteiger partial charge in [0.1, 0.15) is 0 Å². The van der Waals surface area contributed by atoms with E-state index in [1.54, 1.807) is 6.92 Å². The van der Waals surface area contributed by atoms with Gasteiger partial charge in [0, 0.05) is 26.1 Å². The summed E-state index contributed by atoms with van der Waals surface area (Å²) in [5.74, 6) is 0.0220. The van der Waals surface area contributed by atoms with Crippen molar-refractivity contribution < 1.29 is 13.2 Å². The van der Waals surface area contributed by atoms with Gasteiger partial charge in [-0.3, -0.25) is 4.79 Å². The van der Waals surface area contributed by atoms with E-state index in [1.807, 2.05) is 37.8 Å². The molecule has 0 radical (unpaired) electrons. The van der Waals surface area contributed by atoms with Crippen molar-refractivity contribution in [3.05, 3.63) is 28.8 Å². The van der Waals surface area contributed by atoms with Gasteiger partial charge in [0.15, 0.2) is 0 Å². The first-order chi connectivity index (χ1) is 11.7. The van der Waals surface area contributed by atoms with E-state index < -0.39 is 10.0 Å². The molecule has 0 aromatic heterocycles. The first-order valence-corrected chi connectivity index (χ1v) is 10.6. The molecule has 1 aliphatic carbocycles. The zero-order chi connectivity index (χ0) is 18.6. The number of hydrogen-bond donors (Lipinski definition) is 1. The van der Waals surface area contributed by atoms with E-state index in [2.05, 4.69) is 4.72 Å². The average Bonchev–Trinajstić information content (AvgIpc) is 2.50. The third kappa shape index (κ3) is 5.05. The van der Waals surface area contributed by atoms with Crippen molar-refractivity contribution >= 4 is 15.9 Å². The van der Waals surface area contributed by atoms with Crippen LogP contribution in [-0.2, 0) is 14.8 Å². The Kier molecular flexibility index (Phi) is 6.63. The maximum Gasteiger partial charge on any atom is 0.241 e. The number of aryl methyl sites for hydroxylation is 3. The molecular formula is C19H30N2O3S. The molecule has 25 heavy (non-hydrogen) atoms. The largest absolute Gasteiger partial charge is 0.339 e. The summed E-state index contributed by atoms with van der Waals surface area (Å²) in [5, 5.41) is 0. The molecular weight excluding hydrogens is 336 g/mol. The van der Waals surface area contributed by atoms with E-state index in [0.29, 0.717) is 11.4 Å². The van der Waals surface area contributed by atoms with Gasteiger partial charge in [0.2, 0.25) is 15.9 Å². The molecule has 1 aromatic rings. The van der Waals surface area contributed by atoms with E-state index >= 15 is 0 Å². The Morgan fingerprint density at radius 3 is 2.20 bits per heavy atom. The number of rotatable bonds is 6. The van der Waals surface area contributed by atoms with Crippen LogP contribution in [0.5, 0.6) is 0 Å². The molecule has 1 amide bonds. The molecule has 0 heterocycles. The topological polar surface area (TPSA) is 66.5 Å². The Hall–Kier alpha value is -1.40. The van der Waals surface area contributed by atoms with Gasteiger partial charge in [-0.25, -0.2) is 13.1 Å². The normalized spacial score (nSPS) is 16.0. The minimum Gasteiger partial charge on any atom is -0.339 e. The van der Waals surface area contributed by atoms with E-state index in [0.717, 1.165) is 42.4 Å². The van der Waals surface area contributed by atoms with Crippen LogP contribution in [0.1, 0.15) is 55.7 Å². The van der Waals surface area contributed by atoms with Gasteiger partial charge in [-0.1, -0.05) is 37.0 Å². The van der Waals surface area contributed by atoms with E-state index in [9.17, 15) is 13.2 Å². The van der Waals surface area contributed by atoms with Crippen molar-refractivity contribution in [2.45, 2.75) is 70.7 Å². The first kappa shape index (κ1) is 19.9. The maximum atomic E-state index is 12.7. The van der Waals surface area contributed by atoms with Crippen LogP contribution < -0.4 is 4.72 Å². The summed E-state index contributed by atoms with van der Waals surface area (Å²) in [4.78, 5) is 14.1. The summed E-state index contributed by atoms with van der Waals surface area (Å²) in [6.45, 7) is 7.82. The Bertz CT molecular complexity index is 699. The molecule has 140 valence electrons. The highest BCUT2D eigenvalue weighted by atomic mass is 32.2. The molecule has 2 rings (SSSR count). The smallest absolute Gasteiger partial charge is 0.241 e. The second kappa shape index (κ2) is 8.32. The highest BCUT2D eigenvalue weighted by Gasteiger charge is 2.24. The van der Waals surface area contributed by atoms with Gasteiger partial charge in [-0.05, 0) is 44.7 Å². The Morgan fingerprint density at radius 2 is 1.68 bits per heavy atom. The number of carbonyl (C=O) groups excluding carboxylic acids is 1. The lowest BCUT2D eigenvalue weighted by Crippen LogP contribution is -2.44. The van der Waals surface area contributed by atoms with Gasteiger partial charge in [-0.15, -0.1) is 0 Å². The summed E-state index contributed by atoms with van der Waals surface area (Å²) >= 11 is 0. The van der Waals surface area contributed by atoms with E-state index in [1.165, 1.54) is 6.42 Å². The van der Waals surface area contributed by atoms with Crippen molar-refractivity contribution in [1.82, 2.24) is 9.62 Å². The fourth-order valence-corrected chi connectivity index (χ4v) is 5.42. The fourth-order valence-electron chi connectivity index (χ4n) is 3.95. The van der Waals surface area contributed by atoms with Crippen LogP contribution in [0.3, 0.4) is 0 Å². The molecule has 1 fully saturated rings. The molecule has 0 spiro atoms. The zero-order valence-corrected chi connectivity index (χ0v) is 16.6. The minimum absolute atomic E-state index is 0.0220. The van der Waals surface area contributed by atoms with E-state index in [4.69, 9.17) is 0 Å². The molecule has 6 heteroatoms. The molecule has 1 aromatic carbocycles. The molecule has 0 aliphatic heterocycles. The van der Waals surface area contributed by atoms with E-state index in [-0.39, 0.29) is 18.5 Å². The summed E-state index contributed by atoms with van der Waals surface area (Å²) in [6.07, 6.45) is 5.54. The lowest BCUT2D eigenvalue weighted by Gasteiger charge is -2.33. The first-order valence-electron chi connectivity index (χ1n) is 9.07. The summed E-state index contributed by atoms with van der Waals surface area (Å²) in [7, 11) is -3.58. The number of nitrogens with one attached hydrogen (secondary N) is 1. The van der Waals surface area contributed by atoms with Crippen LogP contribution in [0.4, 0.5) is 0 Å². The highest BCUT2D eigenvalue weighted by molar-refractivity contribution is 7.89. The quantitative estimate of drug-likeness (QED) is 0.841. The standard InChI is InChI=1S/C19H30N2O3S/c1-14-12-15(2)19(16(3)13-14)25(23,24)20-10-11-21(17(4)22)18-8-6-5-7-9-18/h12-13,18,20H,5-11H2,1-4H3. The number of benzene rings is 1. The van der Waals surface area contributed by atoms with Crippen LogP contribution in [-0.4, -0.2) is 38.4 Å². The summed E-state index contributed by atoms with van der Waals surface area (Å²) in [6, 6.07) is 4.01. The maximum absolute atomic E-state index is 12.7. The van der Waals surface area contributed by atoms with Crippen LogP contribution in [0.25, 0.3) is 0 Å². The van der Waals surface area contributed by atoms with Gasteiger partial charge in [0.05, 0.1) is 4.90 Å². The molecule has 0 bridgehead atoms. The Morgan fingerprint density at radius 1 is 1.12 bits per heavy atom. The van der Waals surface area contributed by atoms with Gasteiger partial charge in [0.25, 0.3) is 0 Å². The molecule has 0 atom stereocenters. The molecule has 1 aliphatic rings. The van der Waals surface area contributed by atoms with Crippen LogP contribution in [0.2, 0.25) is 0 Å². The van der Waals surface area contributed by atoms with Gasteiger partial charge in [-0.2, -0.15) is 0 Å². The number of amides is 1. The summed E-state index contributed by atoms with van der Waals surface area (Å²) < 4.78 is 28.1.